The van der Waals surface area contributed by atoms with Crippen molar-refractivity contribution in [3.63, 3.8) is 0 Å². The van der Waals surface area contributed by atoms with Gasteiger partial charge in [0.25, 0.3) is 5.91 Å². The summed E-state index contributed by atoms with van der Waals surface area (Å²) in [6.45, 7) is 4.81. The van der Waals surface area contributed by atoms with Crippen molar-refractivity contribution in [2.75, 3.05) is 10.6 Å². The lowest BCUT2D eigenvalue weighted by molar-refractivity contribution is -0.145. The lowest BCUT2D eigenvalue weighted by Gasteiger charge is -2.15. The maximum atomic E-state index is 13.3. The number of aromatic nitrogens is 2. The van der Waals surface area contributed by atoms with Crippen molar-refractivity contribution >= 4 is 23.2 Å². The van der Waals surface area contributed by atoms with Crippen LogP contribution in [0.4, 0.5) is 24.5 Å². The Morgan fingerprint density at radius 2 is 1.65 bits per heavy atom. The molecule has 6 nitrogen and oxygen atoms in total. The van der Waals surface area contributed by atoms with Crippen LogP contribution in [0.1, 0.15) is 49.3 Å². The summed E-state index contributed by atoms with van der Waals surface area (Å²) in [5.41, 5.74) is -0.806. The van der Waals surface area contributed by atoms with Crippen molar-refractivity contribution in [1.82, 2.24) is 9.78 Å². The number of halogens is 3. The fraction of sp³-hybridized carbons (Fsp3) is 0.353. The summed E-state index contributed by atoms with van der Waals surface area (Å²) >= 11 is 0. The van der Waals surface area contributed by atoms with Gasteiger partial charge in [0.2, 0.25) is 5.91 Å². The number of nitrogens with zero attached hydrogens (tertiary/aromatic N) is 2. The predicted molar refractivity (Wildman–Crippen MR) is 90.9 cm³/mol. The van der Waals surface area contributed by atoms with Gasteiger partial charge in [-0.3, -0.25) is 14.3 Å². The monoisotopic (exact) mass is 368 g/mol. The van der Waals surface area contributed by atoms with Crippen molar-refractivity contribution in [1.29, 1.82) is 0 Å². The molecule has 2 aromatic rings. The Morgan fingerprint density at radius 1 is 1.12 bits per heavy atom. The highest BCUT2D eigenvalue weighted by Gasteiger charge is 2.40. The molecule has 26 heavy (non-hydrogen) atoms. The van der Waals surface area contributed by atoms with Gasteiger partial charge in [-0.2, -0.15) is 18.3 Å². The van der Waals surface area contributed by atoms with E-state index >= 15 is 0 Å². The molecule has 0 bridgehead atoms. The second-order valence-electron chi connectivity index (χ2n) is 5.88. The third kappa shape index (κ3) is 4.41. The van der Waals surface area contributed by atoms with Gasteiger partial charge in [-0.15, -0.1) is 0 Å². The molecule has 1 heterocycles. The number of carbonyl (C=O) groups excluding carboxylic acids is 2. The summed E-state index contributed by atoms with van der Waals surface area (Å²) in [6, 6.07) is 5.53. The van der Waals surface area contributed by atoms with Gasteiger partial charge in [0.05, 0.1) is 11.8 Å². The van der Waals surface area contributed by atoms with E-state index in [1.807, 2.05) is 0 Å². The molecule has 0 aliphatic rings. The van der Waals surface area contributed by atoms with Gasteiger partial charge in [-0.25, -0.2) is 0 Å². The number of carbonyl (C=O) groups is 2. The molecule has 140 valence electrons. The van der Waals surface area contributed by atoms with Crippen LogP contribution in [-0.2, 0) is 11.0 Å². The van der Waals surface area contributed by atoms with E-state index in [4.69, 9.17) is 0 Å². The van der Waals surface area contributed by atoms with Crippen LogP contribution in [0.5, 0.6) is 0 Å². The van der Waals surface area contributed by atoms with Crippen molar-refractivity contribution in [2.24, 2.45) is 0 Å². The Morgan fingerprint density at radius 3 is 2.12 bits per heavy atom. The third-order valence-electron chi connectivity index (χ3n) is 3.55. The number of hydrogen-bond acceptors (Lipinski definition) is 3. The van der Waals surface area contributed by atoms with Crippen molar-refractivity contribution in [3.05, 3.63) is 41.7 Å². The molecule has 0 saturated carbocycles. The molecule has 2 amide bonds. The van der Waals surface area contributed by atoms with E-state index in [2.05, 4.69) is 15.7 Å². The first-order valence-corrected chi connectivity index (χ1v) is 7.99. The first kappa shape index (κ1) is 19.5. The molecule has 0 radical (unpaired) electrons. The summed E-state index contributed by atoms with van der Waals surface area (Å²) in [5, 5.41) is 8.74. The van der Waals surface area contributed by atoms with E-state index in [-0.39, 0.29) is 5.91 Å². The third-order valence-corrected chi connectivity index (χ3v) is 3.55. The second kappa shape index (κ2) is 7.59. The van der Waals surface area contributed by atoms with Crippen molar-refractivity contribution in [2.45, 2.75) is 39.4 Å². The van der Waals surface area contributed by atoms with Gasteiger partial charge in [-0.05, 0) is 38.1 Å². The van der Waals surface area contributed by atoms with Crippen LogP contribution in [0.2, 0.25) is 0 Å². The normalized spacial score (nSPS) is 11.5. The number of alkyl halides is 3. The first-order chi connectivity index (χ1) is 12.1. The number of anilines is 2. The van der Waals surface area contributed by atoms with E-state index in [1.165, 1.54) is 12.1 Å². The Hall–Kier alpha value is -2.84. The van der Waals surface area contributed by atoms with Gasteiger partial charge < -0.3 is 10.6 Å². The number of amides is 2. The average Bonchev–Trinajstić information content (AvgIpc) is 3.02. The second-order valence-corrected chi connectivity index (χ2v) is 5.88. The number of benzene rings is 1. The Kier molecular flexibility index (Phi) is 5.69. The van der Waals surface area contributed by atoms with Crippen LogP contribution in [0, 0.1) is 0 Å². The first-order valence-electron chi connectivity index (χ1n) is 7.99. The lowest BCUT2D eigenvalue weighted by atomic mass is 10.2. The van der Waals surface area contributed by atoms with Crippen LogP contribution in [0.3, 0.4) is 0 Å². The topological polar surface area (TPSA) is 76.0 Å². The summed E-state index contributed by atoms with van der Waals surface area (Å²) < 4.78 is 40.8. The molecular weight excluding hydrogens is 349 g/mol. The van der Waals surface area contributed by atoms with E-state index in [0.717, 1.165) is 10.9 Å². The minimum absolute atomic E-state index is 0.169. The highest BCUT2D eigenvalue weighted by atomic mass is 19.4. The van der Waals surface area contributed by atoms with Crippen LogP contribution in [0.15, 0.2) is 30.5 Å². The Balaban J connectivity index is 2.21. The van der Waals surface area contributed by atoms with Gasteiger partial charge in [0.1, 0.15) is 0 Å². The van der Waals surface area contributed by atoms with Gasteiger partial charge in [-0.1, -0.05) is 6.92 Å². The fourth-order valence-corrected chi connectivity index (χ4v) is 2.29. The van der Waals surface area contributed by atoms with E-state index in [9.17, 15) is 22.8 Å². The molecule has 0 saturated heterocycles. The molecule has 0 unspecified atom stereocenters. The zero-order chi connectivity index (χ0) is 19.5. The van der Waals surface area contributed by atoms with Gasteiger partial charge in [0.15, 0.2) is 5.69 Å². The number of rotatable bonds is 5. The van der Waals surface area contributed by atoms with E-state index in [0.29, 0.717) is 17.8 Å². The molecule has 2 N–H and O–H groups in total. The van der Waals surface area contributed by atoms with Crippen LogP contribution in [-0.4, -0.2) is 21.6 Å². The molecule has 1 aromatic heterocycles. The highest BCUT2D eigenvalue weighted by molar-refractivity contribution is 6.05. The van der Waals surface area contributed by atoms with Gasteiger partial charge in [0, 0.05) is 23.8 Å². The zero-order valence-electron chi connectivity index (χ0n) is 14.5. The molecule has 9 heteroatoms. The van der Waals surface area contributed by atoms with Crippen LogP contribution < -0.4 is 10.6 Å². The Bertz CT molecular complexity index is 795. The van der Waals surface area contributed by atoms with Crippen LogP contribution >= 0.6 is 0 Å². The predicted octanol–water partition coefficient (Wildman–Crippen LogP) is 4.08. The lowest BCUT2D eigenvalue weighted by Crippen LogP contribution is -2.22. The summed E-state index contributed by atoms with van der Waals surface area (Å²) in [7, 11) is 0. The summed E-state index contributed by atoms with van der Waals surface area (Å²) in [5.74, 6) is -1.08. The maximum absolute atomic E-state index is 13.3. The molecule has 1 aromatic carbocycles. The quantitative estimate of drug-likeness (QED) is 0.835. The molecule has 0 aliphatic carbocycles. The van der Waals surface area contributed by atoms with Crippen LogP contribution in [0.25, 0.3) is 0 Å². The summed E-state index contributed by atoms with van der Waals surface area (Å²) in [6.07, 6.45) is -3.48. The molecular formula is C17H19F3N4O2. The molecule has 0 atom stereocenters. The molecule has 0 fully saturated rings. The molecule has 0 aliphatic heterocycles. The fourth-order valence-electron chi connectivity index (χ4n) is 2.29. The minimum Gasteiger partial charge on any atom is -0.326 e. The molecule has 0 spiro atoms. The minimum atomic E-state index is -4.71. The SMILES string of the molecule is CCC(=O)Nc1ccc(NC(=O)c2cnn(C(C)C)c2C(F)(F)F)cc1. The largest absolute Gasteiger partial charge is 0.433 e. The summed E-state index contributed by atoms with van der Waals surface area (Å²) in [4.78, 5) is 23.6. The number of hydrogen-bond donors (Lipinski definition) is 2. The van der Waals surface area contributed by atoms with Gasteiger partial charge >= 0.3 is 6.18 Å². The standard InChI is InChI=1S/C17H19F3N4O2/c1-4-14(25)22-11-5-7-12(8-6-11)23-16(26)13-9-21-24(10(2)3)15(13)17(18,19)20/h5-10H,4H2,1-3H3,(H,22,25)(H,23,26). The van der Waals surface area contributed by atoms with Crippen molar-refractivity contribution in [3.8, 4) is 0 Å². The Labute approximate surface area is 148 Å². The number of nitrogens with one attached hydrogen (secondary N) is 2. The smallest absolute Gasteiger partial charge is 0.326 e. The van der Waals surface area contributed by atoms with E-state index < -0.39 is 29.4 Å². The average molecular weight is 368 g/mol. The maximum Gasteiger partial charge on any atom is 0.433 e. The highest BCUT2D eigenvalue weighted by Crippen LogP contribution is 2.34. The van der Waals surface area contributed by atoms with Crippen molar-refractivity contribution < 1.29 is 22.8 Å². The van der Waals surface area contributed by atoms with E-state index in [1.54, 1.807) is 32.9 Å². The molecule has 2 rings (SSSR count). The zero-order valence-corrected chi connectivity index (χ0v) is 14.5.